The highest BCUT2D eigenvalue weighted by Gasteiger charge is 2.39. The Labute approximate surface area is 108 Å². The van der Waals surface area contributed by atoms with Gasteiger partial charge in [0, 0.05) is 0 Å². The molecule has 0 aromatic rings. The smallest absolute Gasteiger partial charge is 0.228 e. The third kappa shape index (κ3) is 3.01. The summed E-state index contributed by atoms with van der Waals surface area (Å²) in [5.41, 5.74) is 2.56. The van der Waals surface area contributed by atoms with Gasteiger partial charge >= 0.3 is 0 Å². The molecule has 0 N–H and O–H groups in total. The van der Waals surface area contributed by atoms with Crippen molar-refractivity contribution in [3.8, 4) is 0 Å². The van der Waals surface area contributed by atoms with Crippen LogP contribution in [0.1, 0.15) is 45.4 Å². The molecule has 2 aliphatic heterocycles. The molecule has 2 nitrogen and oxygen atoms in total. The quantitative estimate of drug-likeness (QED) is 0.712. The molecule has 3 heteroatoms. The minimum Gasteiger partial charge on any atom is -0.309 e. The summed E-state index contributed by atoms with van der Waals surface area (Å²) < 4.78 is 5.67. The topological polar surface area (TPSA) is 6.48 Å². The van der Waals surface area contributed by atoms with E-state index in [4.69, 9.17) is 0 Å². The van der Waals surface area contributed by atoms with Crippen LogP contribution in [0.4, 0.5) is 0 Å². The van der Waals surface area contributed by atoms with E-state index in [-0.39, 0.29) is 0 Å². The predicted molar refractivity (Wildman–Crippen MR) is 77.3 cm³/mol. The first kappa shape index (κ1) is 13.3. The lowest BCUT2D eigenvalue weighted by molar-refractivity contribution is 0.269. The fourth-order valence-corrected chi connectivity index (χ4v) is 7.32. The Bertz CT molecular complexity index is 235. The Kier molecular flexibility index (Phi) is 4.83. The fourth-order valence-electron chi connectivity index (χ4n) is 3.42. The van der Waals surface area contributed by atoms with Gasteiger partial charge in [0.25, 0.3) is 0 Å². The van der Waals surface area contributed by atoms with Crippen LogP contribution in [0.25, 0.3) is 0 Å². The van der Waals surface area contributed by atoms with Gasteiger partial charge in [-0.05, 0) is 65.3 Å². The first-order chi connectivity index (χ1) is 8.27. The zero-order valence-electron chi connectivity index (χ0n) is 11.6. The van der Waals surface area contributed by atoms with E-state index in [2.05, 4.69) is 34.4 Å². The molecular formula is C14H28N2Si. The molecule has 2 fully saturated rings. The Balaban J connectivity index is 2.11. The lowest BCUT2D eigenvalue weighted by Crippen LogP contribution is -2.64. The minimum atomic E-state index is -1.46. The number of piperidine rings is 2. The number of rotatable bonds is 3. The Hall–Kier alpha value is -0.123. The molecule has 2 aliphatic rings. The molecule has 0 aromatic carbocycles. The van der Waals surface area contributed by atoms with E-state index < -0.39 is 8.40 Å². The summed E-state index contributed by atoms with van der Waals surface area (Å²) in [6, 6.07) is 0. The first-order valence-corrected chi connectivity index (χ1v) is 9.88. The Morgan fingerprint density at radius 2 is 1.18 bits per heavy atom. The molecule has 0 radical (unpaired) electrons. The van der Waals surface area contributed by atoms with Gasteiger partial charge in [-0.25, -0.2) is 0 Å². The zero-order valence-corrected chi connectivity index (χ0v) is 12.6. The number of hydrogen-bond acceptors (Lipinski definition) is 2. The van der Waals surface area contributed by atoms with Crippen LogP contribution in [0.15, 0.2) is 11.8 Å². The highest BCUT2D eigenvalue weighted by atomic mass is 28.3. The van der Waals surface area contributed by atoms with Crippen molar-refractivity contribution in [2.45, 2.75) is 52.0 Å². The molecule has 2 saturated heterocycles. The molecule has 0 bridgehead atoms. The Morgan fingerprint density at radius 1 is 0.765 bits per heavy atom. The third-order valence-corrected chi connectivity index (χ3v) is 8.90. The van der Waals surface area contributed by atoms with Crippen molar-refractivity contribution in [2.24, 2.45) is 0 Å². The summed E-state index contributed by atoms with van der Waals surface area (Å²) in [5, 5.41) is 0. The van der Waals surface area contributed by atoms with Gasteiger partial charge < -0.3 is 9.13 Å². The maximum absolute atomic E-state index is 2.84. The van der Waals surface area contributed by atoms with Crippen molar-refractivity contribution in [3.63, 3.8) is 0 Å². The van der Waals surface area contributed by atoms with Gasteiger partial charge in [-0.1, -0.05) is 24.6 Å². The number of allylic oxidation sites excluding steroid dienone is 1. The van der Waals surface area contributed by atoms with E-state index in [1.807, 2.05) is 0 Å². The highest BCUT2D eigenvalue weighted by Crippen LogP contribution is 2.25. The second-order valence-corrected chi connectivity index (χ2v) is 9.48. The van der Waals surface area contributed by atoms with E-state index in [0.29, 0.717) is 0 Å². The normalized spacial score (nSPS) is 25.5. The lowest BCUT2D eigenvalue weighted by atomic mass is 10.2. The molecule has 0 aromatic heterocycles. The van der Waals surface area contributed by atoms with Crippen molar-refractivity contribution >= 4 is 8.40 Å². The molecule has 0 aliphatic carbocycles. The van der Waals surface area contributed by atoms with E-state index in [1.165, 1.54) is 64.7 Å². The van der Waals surface area contributed by atoms with Crippen molar-refractivity contribution in [1.82, 2.24) is 9.13 Å². The van der Waals surface area contributed by atoms with Gasteiger partial charge in [-0.15, -0.1) is 0 Å². The summed E-state index contributed by atoms with van der Waals surface area (Å²) >= 11 is 0. The predicted octanol–water partition coefficient (Wildman–Crippen LogP) is 3.15. The third-order valence-electron chi connectivity index (χ3n) is 4.47. The lowest BCUT2D eigenvalue weighted by Gasteiger charge is -2.48. The van der Waals surface area contributed by atoms with Crippen LogP contribution in [-0.4, -0.2) is 43.7 Å². The molecule has 17 heavy (non-hydrogen) atoms. The summed E-state index contributed by atoms with van der Waals surface area (Å²) in [7, 11) is -1.46. The minimum absolute atomic E-state index is 1.34. The summed E-state index contributed by atoms with van der Waals surface area (Å²) in [5.74, 6) is 0. The molecule has 0 atom stereocenters. The molecule has 0 saturated carbocycles. The van der Waals surface area contributed by atoms with Gasteiger partial charge in [-0.2, -0.15) is 0 Å². The maximum Gasteiger partial charge on any atom is 0.228 e. The van der Waals surface area contributed by atoms with Gasteiger partial charge in [0.15, 0.2) is 0 Å². The zero-order chi connectivity index (χ0) is 12.1. The standard InChI is InChI=1S/C14H28N2Si/c1-3-14-17(2,15-10-6-4-7-11-15)16-12-8-5-9-13-16/h3,14H,4-13H2,1-2H3. The van der Waals surface area contributed by atoms with Crippen molar-refractivity contribution in [2.75, 3.05) is 26.2 Å². The van der Waals surface area contributed by atoms with E-state index in [0.717, 1.165) is 0 Å². The van der Waals surface area contributed by atoms with E-state index in [9.17, 15) is 0 Å². The second-order valence-electron chi connectivity index (χ2n) is 5.69. The molecule has 2 heterocycles. The second kappa shape index (κ2) is 6.16. The fraction of sp³-hybridized carbons (Fsp3) is 0.857. The van der Waals surface area contributed by atoms with Gasteiger partial charge in [-0.3, -0.25) is 0 Å². The largest absolute Gasteiger partial charge is 0.309 e. The summed E-state index contributed by atoms with van der Waals surface area (Å²) in [6.45, 7) is 10.1. The highest BCUT2D eigenvalue weighted by molar-refractivity contribution is 6.78. The molecule has 0 spiro atoms. The average molecular weight is 252 g/mol. The average Bonchev–Trinajstić information content (AvgIpc) is 2.41. The molecule has 0 unspecified atom stereocenters. The number of hydrogen-bond donors (Lipinski definition) is 0. The SMILES string of the molecule is CC=C[Si](C)(N1CCCCC1)N1CCCCC1. The van der Waals surface area contributed by atoms with E-state index >= 15 is 0 Å². The van der Waals surface area contributed by atoms with Gasteiger partial charge in [0.05, 0.1) is 0 Å². The molecule has 0 amide bonds. The van der Waals surface area contributed by atoms with Crippen LogP contribution < -0.4 is 0 Å². The van der Waals surface area contributed by atoms with Crippen LogP contribution >= 0.6 is 0 Å². The summed E-state index contributed by atoms with van der Waals surface area (Å²) in [4.78, 5) is 0. The van der Waals surface area contributed by atoms with Crippen LogP contribution in [0.2, 0.25) is 6.55 Å². The monoisotopic (exact) mass is 252 g/mol. The van der Waals surface area contributed by atoms with Crippen LogP contribution in [0.3, 0.4) is 0 Å². The first-order valence-electron chi connectivity index (χ1n) is 7.41. The maximum atomic E-state index is 2.84. The van der Waals surface area contributed by atoms with Gasteiger partial charge in [0.2, 0.25) is 8.40 Å². The van der Waals surface area contributed by atoms with E-state index in [1.54, 1.807) is 0 Å². The molecule has 98 valence electrons. The van der Waals surface area contributed by atoms with Crippen molar-refractivity contribution < 1.29 is 0 Å². The van der Waals surface area contributed by atoms with Gasteiger partial charge in [0.1, 0.15) is 0 Å². The van der Waals surface area contributed by atoms with Crippen molar-refractivity contribution in [1.29, 1.82) is 0 Å². The van der Waals surface area contributed by atoms with Crippen molar-refractivity contribution in [3.05, 3.63) is 11.8 Å². The van der Waals surface area contributed by atoms with Crippen LogP contribution in [0, 0.1) is 0 Å². The van der Waals surface area contributed by atoms with Crippen LogP contribution in [-0.2, 0) is 0 Å². The molecule has 2 rings (SSSR count). The van der Waals surface area contributed by atoms with Crippen LogP contribution in [0.5, 0.6) is 0 Å². The number of nitrogens with zero attached hydrogens (tertiary/aromatic N) is 2. The Morgan fingerprint density at radius 3 is 1.53 bits per heavy atom. The molecular weight excluding hydrogens is 224 g/mol. The summed E-state index contributed by atoms with van der Waals surface area (Å²) in [6.07, 6.45) is 10.8.